The molecule has 0 amide bonds. The third kappa shape index (κ3) is 3.82. The van der Waals surface area contributed by atoms with Crippen LogP contribution in [0.1, 0.15) is 28.8 Å². The van der Waals surface area contributed by atoms with Gasteiger partial charge in [0.15, 0.2) is 0 Å². The third-order valence-electron chi connectivity index (χ3n) is 7.41. The maximum atomic E-state index is 9.64. The average molecular weight is 582 g/mol. The van der Waals surface area contributed by atoms with Gasteiger partial charge in [-0.25, -0.2) is 0 Å². The van der Waals surface area contributed by atoms with Crippen LogP contribution in [0.4, 0.5) is 0 Å². The SMILES string of the molecule is [2H]c1c([2H])c([2H])c(-c2c([2H])c([2H])c([2H])c(-c3c([2H])c([2H])c([2H])c(-n4c5ccccc5c5cc(-n6c7c([2H])c([2H])c([2H])c([2H])c7c7c([2H])c([2H])c([2H])c([2H])c76)ccc54)c3[2H])c2[2H])c([2H])c1[2H]. The Kier molecular flexibility index (Phi) is 2.62. The number of aromatic nitrogens is 2. The van der Waals surface area contributed by atoms with E-state index in [1.165, 1.54) is 21.3 Å². The molecule has 9 rings (SSSR count). The van der Waals surface area contributed by atoms with Gasteiger partial charge >= 0.3 is 0 Å². The van der Waals surface area contributed by atoms with Gasteiger partial charge in [0.05, 0.1) is 50.9 Å². The number of para-hydroxylation sites is 3. The summed E-state index contributed by atoms with van der Waals surface area (Å²) in [6.45, 7) is 0. The van der Waals surface area contributed by atoms with E-state index in [1.807, 2.05) is 0 Å². The first-order chi connectivity index (χ1) is 30.6. The van der Waals surface area contributed by atoms with Crippen molar-refractivity contribution in [3.05, 3.63) is 169 Å². The first kappa shape index (κ1) is 11.7. The van der Waals surface area contributed by atoms with Crippen molar-refractivity contribution < 1.29 is 28.8 Å². The van der Waals surface area contributed by atoms with E-state index < -0.39 is 149 Å². The molecule has 44 heavy (non-hydrogen) atoms. The summed E-state index contributed by atoms with van der Waals surface area (Å²) in [6.07, 6.45) is 0. The standard InChI is InChI=1S/C42H28N2/c1-2-12-29(13-3-1)30-14-10-15-31(26-30)32-16-11-17-33(27-32)43-41-23-9-6-20-37(41)38-28-34(24-25-42(38)43)44-39-21-7-4-18-35(39)36-19-5-8-22-40(36)44/h1-28H/i1D,2D,3D,4D,5D,7D,8D,10D,11D,12D,13D,14D,15D,16D,17D,18D,19D,21D,22D,26D,27D. The molecule has 2 heterocycles. The highest BCUT2D eigenvalue weighted by molar-refractivity contribution is 6.12. The molecule has 2 nitrogen and oxygen atoms in total. The van der Waals surface area contributed by atoms with E-state index in [1.54, 1.807) is 30.3 Å². The molecule has 0 radical (unpaired) electrons. The van der Waals surface area contributed by atoms with Crippen LogP contribution in [0.3, 0.4) is 0 Å². The first-order valence-corrected chi connectivity index (χ1v) is 13.4. The zero-order valence-electron chi connectivity index (χ0n) is 43.4. The zero-order chi connectivity index (χ0) is 47.3. The highest BCUT2D eigenvalue weighted by Gasteiger charge is 2.16. The van der Waals surface area contributed by atoms with Gasteiger partial charge in [0.25, 0.3) is 0 Å². The van der Waals surface area contributed by atoms with E-state index in [2.05, 4.69) is 0 Å². The maximum absolute atomic E-state index is 9.64. The molecule has 9 aromatic rings. The summed E-state index contributed by atoms with van der Waals surface area (Å²) in [5.74, 6) is 0. The topological polar surface area (TPSA) is 9.86 Å². The predicted molar refractivity (Wildman–Crippen MR) is 186 cm³/mol. The van der Waals surface area contributed by atoms with E-state index in [0.717, 1.165) is 0 Å². The molecule has 2 heteroatoms. The third-order valence-corrected chi connectivity index (χ3v) is 7.41. The number of rotatable bonds is 4. The highest BCUT2D eigenvalue weighted by atomic mass is 15.0. The van der Waals surface area contributed by atoms with Gasteiger partial charge in [0.1, 0.15) is 0 Å². The van der Waals surface area contributed by atoms with E-state index in [9.17, 15) is 4.11 Å². The lowest BCUT2D eigenvalue weighted by atomic mass is 9.99. The zero-order valence-corrected chi connectivity index (χ0v) is 22.4. The van der Waals surface area contributed by atoms with E-state index in [-0.39, 0.29) is 38.7 Å². The number of hydrogen-bond donors (Lipinski definition) is 0. The maximum Gasteiger partial charge on any atom is 0.0651 e. The lowest BCUT2D eigenvalue weighted by molar-refractivity contribution is 1.17. The van der Waals surface area contributed by atoms with Crippen LogP contribution in [-0.4, -0.2) is 9.13 Å². The molecule has 0 unspecified atom stereocenters. The predicted octanol–water partition coefficient (Wildman–Crippen LogP) is 11.2. The summed E-state index contributed by atoms with van der Waals surface area (Å²) < 4.78 is 186. The average Bonchev–Trinajstić information content (AvgIpc) is 3.82. The van der Waals surface area contributed by atoms with E-state index >= 15 is 0 Å². The Bertz CT molecular complexity index is 3580. The minimum Gasteiger partial charge on any atom is -0.309 e. The molecular formula is C42H28N2. The van der Waals surface area contributed by atoms with Crippen molar-refractivity contribution in [2.45, 2.75) is 0 Å². The molecule has 0 spiro atoms. The molecule has 0 saturated heterocycles. The molecule has 0 atom stereocenters. The molecule has 0 aliphatic rings. The quantitative estimate of drug-likeness (QED) is 0.196. The van der Waals surface area contributed by atoms with Crippen molar-refractivity contribution in [2.75, 3.05) is 0 Å². The van der Waals surface area contributed by atoms with Gasteiger partial charge in [-0.15, -0.1) is 0 Å². The lowest BCUT2D eigenvalue weighted by Crippen LogP contribution is -1.96. The minimum absolute atomic E-state index is 0.120. The summed E-state index contributed by atoms with van der Waals surface area (Å²) >= 11 is 0. The van der Waals surface area contributed by atoms with Crippen molar-refractivity contribution in [3.63, 3.8) is 0 Å². The Morgan fingerprint density at radius 1 is 0.364 bits per heavy atom. The largest absolute Gasteiger partial charge is 0.309 e. The summed E-state index contributed by atoms with van der Waals surface area (Å²) in [7, 11) is 0. The fourth-order valence-corrected chi connectivity index (χ4v) is 5.56. The molecule has 0 aliphatic carbocycles. The Balaban J connectivity index is 1.38. The van der Waals surface area contributed by atoms with Crippen molar-refractivity contribution >= 4 is 43.6 Å². The van der Waals surface area contributed by atoms with Gasteiger partial charge in [-0.3, -0.25) is 0 Å². The minimum atomic E-state index is -0.858. The van der Waals surface area contributed by atoms with Gasteiger partial charge in [-0.1, -0.05) is 115 Å². The highest BCUT2D eigenvalue weighted by Crippen LogP contribution is 2.37. The van der Waals surface area contributed by atoms with Crippen molar-refractivity contribution in [1.82, 2.24) is 9.13 Å². The Hall–Kier alpha value is -5.86. The first-order valence-electron chi connectivity index (χ1n) is 23.9. The van der Waals surface area contributed by atoms with Crippen molar-refractivity contribution in [3.8, 4) is 33.6 Å². The summed E-state index contributed by atoms with van der Waals surface area (Å²) in [5, 5.41) is 0.620. The molecule has 206 valence electrons. The van der Waals surface area contributed by atoms with Crippen LogP contribution in [-0.2, 0) is 0 Å². The number of fused-ring (bicyclic) bond motifs is 6. The van der Waals surface area contributed by atoms with Gasteiger partial charge < -0.3 is 9.13 Å². The number of hydrogen-bond acceptors (Lipinski definition) is 0. The van der Waals surface area contributed by atoms with Crippen LogP contribution in [0.25, 0.3) is 77.2 Å². The van der Waals surface area contributed by atoms with Crippen LogP contribution < -0.4 is 0 Å². The summed E-state index contributed by atoms with van der Waals surface area (Å²) in [5.41, 5.74) is -2.18. The van der Waals surface area contributed by atoms with E-state index in [4.69, 9.17) is 24.7 Å². The normalized spacial score (nSPS) is 18.3. The Morgan fingerprint density at radius 3 is 1.70 bits per heavy atom. The van der Waals surface area contributed by atoms with E-state index in [0.29, 0.717) is 16.3 Å². The molecule has 0 fully saturated rings. The molecule has 2 aromatic heterocycles. The number of nitrogens with zero attached hydrogens (tertiary/aromatic N) is 2. The molecule has 7 aromatic carbocycles. The number of benzene rings is 7. The molecular weight excluding hydrogens is 532 g/mol. The van der Waals surface area contributed by atoms with Gasteiger partial charge in [-0.05, 0) is 76.7 Å². The molecule has 0 bridgehead atoms. The molecule has 0 aliphatic heterocycles. The molecule has 0 N–H and O–H groups in total. The smallest absolute Gasteiger partial charge is 0.0651 e. The van der Waals surface area contributed by atoms with Crippen LogP contribution in [0.5, 0.6) is 0 Å². The van der Waals surface area contributed by atoms with Crippen LogP contribution >= 0.6 is 0 Å². The van der Waals surface area contributed by atoms with Crippen LogP contribution in [0.15, 0.2) is 169 Å². The fraction of sp³-hybridized carbons (Fsp3) is 0. The lowest BCUT2D eigenvalue weighted by Gasteiger charge is -2.12. The Labute approximate surface area is 285 Å². The van der Waals surface area contributed by atoms with Crippen LogP contribution in [0, 0.1) is 0 Å². The fourth-order valence-electron chi connectivity index (χ4n) is 5.56. The van der Waals surface area contributed by atoms with Gasteiger partial charge in [-0.2, -0.15) is 0 Å². The summed E-state index contributed by atoms with van der Waals surface area (Å²) in [4.78, 5) is 0. The monoisotopic (exact) mass is 581 g/mol. The van der Waals surface area contributed by atoms with Crippen molar-refractivity contribution in [2.24, 2.45) is 0 Å². The molecule has 0 saturated carbocycles. The second kappa shape index (κ2) is 9.86. The van der Waals surface area contributed by atoms with Crippen molar-refractivity contribution in [1.29, 1.82) is 0 Å². The Morgan fingerprint density at radius 2 is 0.932 bits per heavy atom. The summed E-state index contributed by atoms with van der Waals surface area (Å²) in [6, 6.07) is -3.24. The van der Waals surface area contributed by atoms with Crippen LogP contribution in [0.2, 0.25) is 0 Å². The van der Waals surface area contributed by atoms with Gasteiger partial charge in [0.2, 0.25) is 0 Å². The second-order valence-electron chi connectivity index (χ2n) is 9.81. The van der Waals surface area contributed by atoms with Gasteiger partial charge in [0, 0.05) is 32.9 Å². The second-order valence-corrected chi connectivity index (χ2v) is 9.81.